The van der Waals surface area contributed by atoms with E-state index in [4.69, 9.17) is 5.73 Å². The molecule has 0 radical (unpaired) electrons. The lowest BCUT2D eigenvalue weighted by Gasteiger charge is -2.04. The van der Waals surface area contributed by atoms with Crippen molar-refractivity contribution in [3.05, 3.63) is 42.1 Å². The van der Waals surface area contributed by atoms with Crippen molar-refractivity contribution in [3.8, 4) is 0 Å². The van der Waals surface area contributed by atoms with Gasteiger partial charge in [-0.2, -0.15) is 0 Å². The fraction of sp³-hybridized carbons (Fsp3) is 0.250. The summed E-state index contributed by atoms with van der Waals surface area (Å²) in [5, 5.41) is 1.25. The second-order valence-corrected chi connectivity index (χ2v) is 3.38. The lowest BCUT2D eigenvalue weighted by atomic mass is 10.1. The van der Waals surface area contributed by atoms with Gasteiger partial charge in [0.15, 0.2) is 0 Å². The van der Waals surface area contributed by atoms with E-state index in [1.54, 1.807) is 0 Å². The van der Waals surface area contributed by atoms with Gasteiger partial charge < -0.3 is 5.73 Å². The van der Waals surface area contributed by atoms with E-state index in [0.717, 1.165) is 24.9 Å². The van der Waals surface area contributed by atoms with Gasteiger partial charge in [-0.1, -0.05) is 18.2 Å². The first-order valence-electron chi connectivity index (χ1n) is 4.94. The van der Waals surface area contributed by atoms with Crippen molar-refractivity contribution >= 4 is 10.9 Å². The zero-order valence-electron chi connectivity index (χ0n) is 8.11. The molecule has 0 spiro atoms. The van der Waals surface area contributed by atoms with Gasteiger partial charge in [0.25, 0.3) is 0 Å². The monoisotopic (exact) mass is 186 g/mol. The first-order valence-corrected chi connectivity index (χ1v) is 4.94. The zero-order chi connectivity index (χ0) is 9.80. The molecule has 2 rings (SSSR count). The van der Waals surface area contributed by atoms with Gasteiger partial charge in [0.2, 0.25) is 0 Å². The second kappa shape index (κ2) is 4.20. The van der Waals surface area contributed by atoms with Crippen LogP contribution in [0.3, 0.4) is 0 Å². The minimum absolute atomic E-state index is 0.747. The van der Waals surface area contributed by atoms with Crippen LogP contribution in [0.15, 0.2) is 36.5 Å². The highest BCUT2D eigenvalue weighted by molar-refractivity contribution is 5.81. The first kappa shape index (κ1) is 9.16. The number of aryl methyl sites for hydroxylation is 1. The standard InChI is InChI=1S/C12H14N2/c13-8-3-4-10-7-9-14-12-6-2-1-5-11(10)12/h1-2,5-7,9H,3-4,8,13H2. The van der Waals surface area contributed by atoms with Crippen LogP contribution in [0.5, 0.6) is 0 Å². The van der Waals surface area contributed by atoms with Crippen molar-refractivity contribution in [2.24, 2.45) is 5.73 Å². The quantitative estimate of drug-likeness (QED) is 0.797. The van der Waals surface area contributed by atoms with Crippen LogP contribution in [0.4, 0.5) is 0 Å². The summed E-state index contributed by atoms with van der Waals surface area (Å²) in [6.07, 6.45) is 3.95. The number of benzene rings is 1. The minimum atomic E-state index is 0.747. The van der Waals surface area contributed by atoms with Gasteiger partial charge >= 0.3 is 0 Å². The molecule has 0 aliphatic rings. The number of para-hydroxylation sites is 1. The van der Waals surface area contributed by atoms with Crippen LogP contribution in [-0.2, 0) is 6.42 Å². The molecule has 0 fully saturated rings. The maximum Gasteiger partial charge on any atom is 0.0704 e. The number of rotatable bonds is 3. The molecule has 0 amide bonds. The summed E-state index contributed by atoms with van der Waals surface area (Å²) in [6.45, 7) is 0.747. The number of pyridine rings is 1. The number of nitrogens with zero attached hydrogens (tertiary/aromatic N) is 1. The van der Waals surface area contributed by atoms with E-state index in [0.29, 0.717) is 0 Å². The molecule has 2 aromatic rings. The van der Waals surface area contributed by atoms with Crippen LogP contribution >= 0.6 is 0 Å². The molecule has 72 valence electrons. The second-order valence-electron chi connectivity index (χ2n) is 3.38. The minimum Gasteiger partial charge on any atom is -0.330 e. The maximum atomic E-state index is 5.50. The summed E-state index contributed by atoms with van der Waals surface area (Å²) in [5.74, 6) is 0. The van der Waals surface area contributed by atoms with Crippen molar-refractivity contribution in [1.29, 1.82) is 0 Å². The Balaban J connectivity index is 2.43. The van der Waals surface area contributed by atoms with Gasteiger partial charge in [-0.25, -0.2) is 0 Å². The third-order valence-corrected chi connectivity index (χ3v) is 2.39. The van der Waals surface area contributed by atoms with Crippen molar-refractivity contribution in [2.75, 3.05) is 6.54 Å². The van der Waals surface area contributed by atoms with Gasteiger partial charge in [-0.3, -0.25) is 4.98 Å². The molecule has 0 aliphatic heterocycles. The molecule has 14 heavy (non-hydrogen) atoms. The van der Waals surface area contributed by atoms with E-state index in [2.05, 4.69) is 23.2 Å². The molecule has 1 aromatic heterocycles. The predicted octanol–water partition coefficient (Wildman–Crippen LogP) is 2.13. The van der Waals surface area contributed by atoms with Crippen molar-refractivity contribution < 1.29 is 0 Å². The summed E-state index contributed by atoms with van der Waals surface area (Å²) >= 11 is 0. The lowest BCUT2D eigenvalue weighted by molar-refractivity contribution is 0.836. The molecule has 0 aliphatic carbocycles. The normalized spacial score (nSPS) is 10.6. The van der Waals surface area contributed by atoms with E-state index in [-0.39, 0.29) is 0 Å². The Bertz CT molecular complexity index is 418. The number of fused-ring (bicyclic) bond motifs is 1. The Morgan fingerprint density at radius 1 is 1.14 bits per heavy atom. The van der Waals surface area contributed by atoms with E-state index in [1.165, 1.54) is 10.9 Å². The molecule has 2 nitrogen and oxygen atoms in total. The van der Waals surface area contributed by atoms with Gasteiger partial charge in [-0.15, -0.1) is 0 Å². The van der Waals surface area contributed by atoms with Crippen LogP contribution < -0.4 is 5.73 Å². The molecule has 1 heterocycles. The highest BCUT2D eigenvalue weighted by Crippen LogP contribution is 2.16. The molecule has 2 N–H and O–H groups in total. The van der Waals surface area contributed by atoms with E-state index in [9.17, 15) is 0 Å². The third kappa shape index (κ3) is 1.75. The largest absolute Gasteiger partial charge is 0.330 e. The van der Waals surface area contributed by atoms with Crippen LogP contribution in [0, 0.1) is 0 Å². The summed E-state index contributed by atoms with van der Waals surface area (Å²) in [7, 11) is 0. The summed E-state index contributed by atoms with van der Waals surface area (Å²) in [4.78, 5) is 4.32. The van der Waals surface area contributed by atoms with Crippen LogP contribution in [-0.4, -0.2) is 11.5 Å². The number of hydrogen-bond donors (Lipinski definition) is 1. The van der Waals surface area contributed by atoms with Gasteiger partial charge in [0.1, 0.15) is 0 Å². The van der Waals surface area contributed by atoms with Gasteiger partial charge in [0.05, 0.1) is 5.52 Å². The van der Waals surface area contributed by atoms with Crippen LogP contribution in [0.2, 0.25) is 0 Å². The van der Waals surface area contributed by atoms with Gasteiger partial charge in [0, 0.05) is 11.6 Å². The summed E-state index contributed by atoms with van der Waals surface area (Å²) in [5.41, 5.74) is 7.92. The number of nitrogens with two attached hydrogens (primary N) is 1. The Morgan fingerprint density at radius 2 is 2.00 bits per heavy atom. The Hall–Kier alpha value is -1.41. The first-order chi connectivity index (χ1) is 6.92. The maximum absolute atomic E-state index is 5.50. The van der Waals surface area contributed by atoms with Gasteiger partial charge in [-0.05, 0) is 37.1 Å². The highest BCUT2D eigenvalue weighted by Gasteiger charge is 1.99. The molecule has 0 saturated carbocycles. The van der Waals surface area contributed by atoms with Crippen LogP contribution in [0.1, 0.15) is 12.0 Å². The average Bonchev–Trinajstić information content (AvgIpc) is 2.26. The van der Waals surface area contributed by atoms with Crippen molar-refractivity contribution in [3.63, 3.8) is 0 Å². The van der Waals surface area contributed by atoms with E-state index >= 15 is 0 Å². The Kier molecular flexibility index (Phi) is 2.75. The topological polar surface area (TPSA) is 38.9 Å². The van der Waals surface area contributed by atoms with Crippen molar-refractivity contribution in [1.82, 2.24) is 4.98 Å². The molecule has 2 heteroatoms. The summed E-state index contributed by atoms with van der Waals surface area (Å²) in [6, 6.07) is 10.3. The molecule has 0 bridgehead atoms. The number of hydrogen-bond acceptors (Lipinski definition) is 2. The van der Waals surface area contributed by atoms with Crippen LogP contribution in [0.25, 0.3) is 10.9 Å². The molecule has 0 saturated heterocycles. The third-order valence-electron chi connectivity index (χ3n) is 2.39. The Labute approximate surface area is 83.8 Å². The highest BCUT2D eigenvalue weighted by atomic mass is 14.6. The smallest absolute Gasteiger partial charge is 0.0704 e. The summed E-state index contributed by atoms with van der Waals surface area (Å²) < 4.78 is 0. The van der Waals surface area contributed by atoms with E-state index < -0.39 is 0 Å². The number of aromatic nitrogens is 1. The lowest BCUT2D eigenvalue weighted by Crippen LogP contribution is -2.00. The Morgan fingerprint density at radius 3 is 2.86 bits per heavy atom. The molecule has 0 unspecified atom stereocenters. The molecule has 0 atom stereocenters. The van der Waals surface area contributed by atoms with Crippen molar-refractivity contribution in [2.45, 2.75) is 12.8 Å². The van der Waals surface area contributed by atoms with E-state index in [1.807, 2.05) is 18.3 Å². The molecular weight excluding hydrogens is 172 g/mol. The predicted molar refractivity (Wildman–Crippen MR) is 59.1 cm³/mol. The molecular formula is C12H14N2. The fourth-order valence-corrected chi connectivity index (χ4v) is 1.67. The SMILES string of the molecule is NCCCc1ccnc2ccccc12. The molecule has 1 aromatic carbocycles. The fourth-order valence-electron chi connectivity index (χ4n) is 1.67. The average molecular weight is 186 g/mol. The zero-order valence-corrected chi connectivity index (χ0v) is 8.11.